The first-order valence-corrected chi connectivity index (χ1v) is 9.66. The molecule has 0 saturated heterocycles. The molecule has 0 fully saturated rings. The summed E-state index contributed by atoms with van der Waals surface area (Å²) in [6.07, 6.45) is -2.04. The summed E-state index contributed by atoms with van der Waals surface area (Å²) < 4.78 is 36.1. The molecule has 3 heterocycles. The summed E-state index contributed by atoms with van der Waals surface area (Å²) in [7, 11) is 0. The number of benzene rings is 1. The predicted molar refractivity (Wildman–Crippen MR) is 96.8 cm³/mol. The van der Waals surface area contributed by atoms with Crippen LogP contribution in [0.4, 0.5) is 14.5 Å². The van der Waals surface area contributed by atoms with Crippen LogP contribution in [-0.2, 0) is 10.5 Å². The van der Waals surface area contributed by atoms with Crippen molar-refractivity contribution in [3.8, 4) is 11.5 Å². The molecule has 0 aliphatic carbocycles. The maximum absolute atomic E-state index is 13.0. The van der Waals surface area contributed by atoms with Gasteiger partial charge in [-0.25, -0.2) is 4.98 Å². The fourth-order valence-electron chi connectivity index (χ4n) is 2.43. The van der Waals surface area contributed by atoms with Crippen LogP contribution in [0.1, 0.15) is 5.69 Å². The van der Waals surface area contributed by atoms with Crippen LogP contribution in [0.25, 0.3) is 4.96 Å². The second-order valence-corrected chi connectivity index (χ2v) is 7.37. The molecule has 1 aliphatic rings. The smallest absolute Gasteiger partial charge is 0.395 e. The van der Waals surface area contributed by atoms with Crippen LogP contribution in [0.3, 0.4) is 0 Å². The van der Waals surface area contributed by atoms with Gasteiger partial charge in [-0.1, -0.05) is 0 Å². The van der Waals surface area contributed by atoms with E-state index in [0.29, 0.717) is 22.1 Å². The van der Waals surface area contributed by atoms with Gasteiger partial charge < -0.3 is 14.8 Å². The molecule has 0 radical (unpaired) electrons. The van der Waals surface area contributed by atoms with E-state index in [9.17, 15) is 18.4 Å². The number of fused-ring (bicyclic) bond motifs is 2. The number of halogens is 2. The first-order valence-electron chi connectivity index (χ1n) is 7.63. The molecule has 1 N–H and O–H groups in total. The Morgan fingerprint density at radius 1 is 1.30 bits per heavy atom. The third-order valence-electron chi connectivity index (χ3n) is 3.52. The molecule has 2 aromatic heterocycles. The molecule has 0 bridgehead atoms. The average molecular weight is 411 g/mol. The van der Waals surface area contributed by atoms with E-state index < -0.39 is 6.29 Å². The molecule has 0 spiro atoms. The minimum Gasteiger partial charge on any atom is -0.395 e. The monoisotopic (exact) mass is 411 g/mol. The number of carbonyl (C=O) groups excluding carboxylic acids is 1. The highest BCUT2D eigenvalue weighted by molar-refractivity contribution is 7.99. The summed E-state index contributed by atoms with van der Waals surface area (Å²) in [5.41, 5.74) is 0.737. The van der Waals surface area contributed by atoms with Gasteiger partial charge in [0, 0.05) is 35.1 Å². The average Bonchev–Trinajstić information content (AvgIpc) is 3.17. The molecular weight excluding hydrogens is 400 g/mol. The Hall–Kier alpha value is -2.66. The quantitative estimate of drug-likeness (QED) is 0.695. The molecule has 1 aromatic carbocycles. The lowest BCUT2D eigenvalue weighted by atomic mass is 10.3. The number of rotatable bonds is 5. The summed E-state index contributed by atoms with van der Waals surface area (Å²) >= 11 is 2.64. The van der Waals surface area contributed by atoms with Gasteiger partial charge in [0.15, 0.2) is 16.5 Å². The Labute approximate surface area is 158 Å². The molecule has 1 aliphatic heterocycles. The minimum absolute atomic E-state index is 0.0892. The molecular formula is C16H11F2N3O4S2. The van der Waals surface area contributed by atoms with Crippen molar-refractivity contribution < 1.29 is 23.0 Å². The highest BCUT2D eigenvalue weighted by atomic mass is 32.2. The normalized spacial score (nSPS) is 14.4. The first-order chi connectivity index (χ1) is 12.9. The molecule has 27 heavy (non-hydrogen) atoms. The maximum Gasteiger partial charge on any atom is 0.586 e. The number of carbonyl (C=O) groups is 1. The standard InChI is InChI=1S/C16H11F2N3O4S2/c17-16(18)24-11-2-1-9(5-12(11)25-16)19-13(22)8-26-7-10-6-14(23)21-3-4-27-15(21)20-10/h1-6H,7-8H2,(H,19,22). The van der Waals surface area contributed by atoms with Crippen LogP contribution in [0, 0.1) is 0 Å². The van der Waals surface area contributed by atoms with Gasteiger partial charge >= 0.3 is 6.29 Å². The number of nitrogens with one attached hydrogen (secondary N) is 1. The summed E-state index contributed by atoms with van der Waals surface area (Å²) in [6.45, 7) is 0. The number of ether oxygens (including phenoxy) is 2. The highest BCUT2D eigenvalue weighted by Gasteiger charge is 2.43. The van der Waals surface area contributed by atoms with Gasteiger partial charge in [0.1, 0.15) is 0 Å². The fourth-order valence-corrected chi connectivity index (χ4v) is 3.89. The number of amides is 1. The Bertz CT molecular complexity index is 1080. The zero-order valence-electron chi connectivity index (χ0n) is 13.5. The second kappa shape index (κ2) is 6.82. The van der Waals surface area contributed by atoms with E-state index in [2.05, 4.69) is 19.8 Å². The van der Waals surface area contributed by atoms with E-state index in [1.54, 1.807) is 11.6 Å². The molecule has 0 saturated carbocycles. The zero-order chi connectivity index (χ0) is 19.0. The van der Waals surface area contributed by atoms with E-state index in [4.69, 9.17) is 0 Å². The Morgan fingerprint density at radius 2 is 2.11 bits per heavy atom. The minimum atomic E-state index is -3.70. The van der Waals surface area contributed by atoms with Crippen LogP contribution in [0.5, 0.6) is 11.5 Å². The third kappa shape index (κ3) is 3.88. The van der Waals surface area contributed by atoms with E-state index in [0.717, 1.165) is 0 Å². The van der Waals surface area contributed by atoms with Gasteiger partial charge in [0.25, 0.3) is 5.56 Å². The summed E-state index contributed by atoms with van der Waals surface area (Å²) in [4.78, 5) is 28.9. The number of hydrogen-bond acceptors (Lipinski definition) is 7. The van der Waals surface area contributed by atoms with Gasteiger partial charge in [-0.2, -0.15) is 0 Å². The predicted octanol–water partition coefficient (Wildman–Crippen LogP) is 2.95. The van der Waals surface area contributed by atoms with E-state index in [1.165, 1.54) is 51.8 Å². The van der Waals surface area contributed by atoms with Crippen molar-refractivity contribution in [2.75, 3.05) is 11.1 Å². The van der Waals surface area contributed by atoms with Gasteiger partial charge in [-0.05, 0) is 12.1 Å². The number of alkyl halides is 2. The zero-order valence-corrected chi connectivity index (χ0v) is 15.1. The van der Waals surface area contributed by atoms with Crippen molar-refractivity contribution >= 4 is 39.7 Å². The Morgan fingerprint density at radius 3 is 2.96 bits per heavy atom. The van der Waals surface area contributed by atoms with Crippen LogP contribution >= 0.6 is 23.1 Å². The van der Waals surface area contributed by atoms with Crippen molar-refractivity contribution in [1.29, 1.82) is 0 Å². The summed E-state index contributed by atoms with van der Waals surface area (Å²) in [5.74, 6) is -0.0480. The van der Waals surface area contributed by atoms with Crippen molar-refractivity contribution in [2.45, 2.75) is 12.0 Å². The van der Waals surface area contributed by atoms with Gasteiger partial charge in [0.2, 0.25) is 5.91 Å². The summed E-state index contributed by atoms with van der Waals surface area (Å²) in [5, 5.41) is 4.37. The number of hydrogen-bond donors (Lipinski definition) is 1. The number of thiazole rings is 1. The Balaban J connectivity index is 1.33. The fraction of sp³-hybridized carbons (Fsp3) is 0.188. The molecule has 3 aromatic rings. The van der Waals surface area contributed by atoms with Crippen LogP contribution < -0.4 is 20.3 Å². The lowest BCUT2D eigenvalue weighted by Gasteiger charge is -2.06. The molecule has 4 rings (SSSR count). The molecule has 1 amide bonds. The molecule has 0 atom stereocenters. The molecule has 7 nitrogen and oxygen atoms in total. The van der Waals surface area contributed by atoms with Crippen LogP contribution in [-0.4, -0.2) is 27.3 Å². The topological polar surface area (TPSA) is 81.9 Å². The lowest BCUT2D eigenvalue weighted by molar-refractivity contribution is -0.286. The second-order valence-electron chi connectivity index (χ2n) is 5.51. The number of thioether (sulfide) groups is 1. The van der Waals surface area contributed by atoms with E-state index in [-0.39, 0.29) is 28.7 Å². The number of anilines is 1. The molecule has 140 valence electrons. The largest absolute Gasteiger partial charge is 0.586 e. The van der Waals surface area contributed by atoms with Gasteiger partial charge in [-0.15, -0.1) is 31.9 Å². The van der Waals surface area contributed by atoms with Crippen molar-refractivity contribution in [2.24, 2.45) is 0 Å². The number of nitrogens with zero attached hydrogens (tertiary/aromatic N) is 2. The van der Waals surface area contributed by atoms with Crippen molar-refractivity contribution in [3.63, 3.8) is 0 Å². The summed E-state index contributed by atoms with van der Waals surface area (Å²) in [6, 6.07) is 5.45. The van der Waals surface area contributed by atoms with Crippen LogP contribution in [0.2, 0.25) is 0 Å². The maximum atomic E-state index is 13.0. The molecule has 0 unspecified atom stereocenters. The molecule has 11 heteroatoms. The van der Waals surface area contributed by atoms with Crippen molar-refractivity contribution in [3.05, 3.63) is 51.9 Å². The van der Waals surface area contributed by atoms with E-state index in [1.807, 2.05) is 0 Å². The van der Waals surface area contributed by atoms with Gasteiger partial charge in [0.05, 0.1) is 11.4 Å². The third-order valence-corrected chi connectivity index (χ3v) is 5.25. The SMILES string of the molecule is O=C(CSCc1cc(=O)n2ccsc2n1)Nc1ccc2c(c1)OC(F)(F)O2. The highest BCUT2D eigenvalue weighted by Crippen LogP contribution is 2.42. The van der Waals surface area contributed by atoms with Crippen molar-refractivity contribution in [1.82, 2.24) is 9.38 Å². The van der Waals surface area contributed by atoms with Gasteiger partial charge in [-0.3, -0.25) is 14.0 Å². The number of aromatic nitrogens is 2. The lowest BCUT2D eigenvalue weighted by Crippen LogP contribution is -2.25. The first kappa shape index (κ1) is 17.7. The van der Waals surface area contributed by atoms with E-state index >= 15 is 0 Å². The van der Waals surface area contributed by atoms with Crippen LogP contribution in [0.15, 0.2) is 40.6 Å². The Kier molecular flexibility index (Phi) is 4.48.